The second-order valence-electron chi connectivity index (χ2n) is 9.69. The highest BCUT2D eigenvalue weighted by Crippen LogP contribution is 2.38. The van der Waals surface area contributed by atoms with Crippen molar-refractivity contribution in [3.8, 4) is 11.4 Å². The van der Waals surface area contributed by atoms with Gasteiger partial charge in [0.2, 0.25) is 0 Å². The van der Waals surface area contributed by atoms with Gasteiger partial charge in [0.1, 0.15) is 10.8 Å². The third-order valence-electron chi connectivity index (χ3n) is 6.95. The van der Waals surface area contributed by atoms with Crippen molar-refractivity contribution in [2.75, 3.05) is 11.9 Å². The Kier molecular flexibility index (Phi) is 8.54. The van der Waals surface area contributed by atoms with Gasteiger partial charge in [-0.3, -0.25) is 9.78 Å². The Balaban J connectivity index is 1.33. The summed E-state index contributed by atoms with van der Waals surface area (Å²) in [5.41, 5.74) is 3.90. The number of hydrogen-bond acceptors (Lipinski definition) is 8. The molecule has 1 aliphatic carbocycles. The van der Waals surface area contributed by atoms with Gasteiger partial charge in [0, 0.05) is 22.8 Å². The molecule has 5 rings (SSSR count). The number of carbonyl (C=O) groups excluding carboxylic acids is 3. The second kappa shape index (κ2) is 12.4. The van der Waals surface area contributed by atoms with Gasteiger partial charge < -0.3 is 19.8 Å². The Labute approximate surface area is 236 Å². The molecule has 0 aliphatic heterocycles. The lowest BCUT2D eigenvalue weighted by molar-refractivity contribution is -0.124. The van der Waals surface area contributed by atoms with Crippen LogP contribution in [0.5, 0.6) is 0 Å². The maximum atomic E-state index is 13.3. The molecule has 1 amide bonds. The van der Waals surface area contributed by atoms with Crippen LogP contribution in [0.25, 0.3) is 22.4 Å². The summed E-state index contributed by atoms with van der Waals surface area (Å²) in [6.07, 6.45) is 8.58. The summed E-state index contributed by atoms with van der Waals surface area (Å²) in [6.45, 7) is 3.78. The first kappa shape index (κ1) is 27.5. The van der Waals surface area contributed by atoms with Crippen molar-refractivity contribution in [3.05, 3.63) is 64.3 Å². The van der Waals surface area contributed by atoms with Gasteiger partial charge in [0.05, 0.1) is 28.8 Å². The smallest absolute Gasteiger partial charge is 0.341 e. The quantitative estimate of drug-likeness (QED) is 0.250. The van der Waals surface area contributed by atoms with Gasteiger partial charge in [-0.1, -0.05) is 19.8 Å². The molecule has 4 aromatic rings. The van der Waals surface area contributed by atoms with E-state index in [2.05, 4.69) is 20.3 Å². The minimum absolute atomic E-state index is 0.246. The van der Waals surface area contributed by atoms with Crippen LogP contribution in [0.2, 0.25) is 0 Å². The number of amides is 1. The Bertz CT molecular complexity index is 1530. The number of aryl methyl sites for hydroxylation is 1. The number of hydrogen-bond donors (Lipinski definition) is 2. The number of fused-ring (bicyclic) bond motifs is 2. The fourth-order valence-electron chi connectivity index (χ4n) is 4.91. The molecule has 0 bridgehead atoms. The van der Waals surface area contributed by atoms with Crippen LogP contribution >= 0.6 is 11.3 Å². The summed E-state index contributed by atoms with van der Waals surface area (Å²) in [5, 5.41) is 3.35. The van der Waals surface area contributed by atoms with E-state index in [1.807, 2.05) is 12.1 Å². The van der Waals surface area contributed by atoms with Crippen LogP contribution in [0, 0.1) is 0 Å². The van der Waals surface area contributed by atoms with E-state index in [0.29, 0.717) is 33.0 Å². The predicted molar refractivity (Wildman–Crippen MR) is 154 cm³/mol. The molecule has 1 aliphatic rings. The van der Waals surface area contributed by atoms with Gasteiger partial charge in [-0.15, -0.1) is 11.3 Å². The molecular weight excluding hydrogens is 528 g/mol. The SMILES string of the molecule is CCOC(=O)c1c(NC(=O)C(CC)OC(=O)c2ccc3nc(-c4cccnc4)[nH]c3c2)sc2c1CCCCCC2. The number of anilines is 1. The number of carbonyl (C=O) groups is 3. The topological polar surface area (TPSA) is 123 Å². The fraction of sp³-hybridized carbons (Fsp3) is 0.367. The number of rotatable bonds is 8. The molecule has 0 saturated heterocycles. The minimum atomic E-state index is -1.03. The number of esters is 2. The highest BCUT2D eigenvalue weighted by Gasteiger charge is 2.29. The highest BCUT2D eigenvalue weighted by molar-refractivity contribution is 7.17. The van der Waals surface area contributed by atoms with E-state index in [0.717, 1.165) is 54.5 Å². The molecule has 9 nitrogen and oxygen atoms in total. The molecule has 1 unspecified atom stereocenters. The largest absolute Gasteiger partial charge is 0.462 e. The third-order valence-corrected chi connectivity index (χ3v) is 8.16. The van der Waals surface area contributed by atoms with E-state index in [9.17, 15) is 14.4 Å². The van der Waals surface area contributed by atoms with Crippen molar-refractivity contribution < 1.29 is 23.9 Å². The Morgan fingerprint density at radius 1 is 1.07 bits per heavy atom. The minimum Gasteiger partial charge on any atom is -0.462 e. The molecule has 0 radical (unpaired) electrons. The molecule has 1 atom stereocenters. The van der Waals surface area contributed by atoms with Gasteiger partial charge in [-0.05, 0) is 74.9 Å². The number of benzene rings is 1. The highest BCUT2D eigenvalue weighted by atomic mass is 32.1. The lowest BCUT2D eigenvalue weighted by Crippen LogP contribution is -2.32. The van der Waals surface area contributed by atoms with E-state index in [1.165, 1.54) is 11.3 Å². The van der Waals surface area contributed by atoms with Crippen LogP contribution in [0.4, 0.5) is 5.00 Å². The van der Waals surface area contributed by atoms with E-state index >= 15 is 0 Å². The Hall–Kier alpha value is -4.05. The van der Waals surface area contributed by atoms with Crippen LogP contribution < -0.4 is 5.32 Å². The molecule has 208 valence electrons. The molecule has 40 heavy (non-hydrogen) atoms. The number of ether oxygens (including phenoxy) is 2. The standard InChI is InChI=1S/C30H32N4O5S/c1-3-23(27(35)34-28-25(30(37)38-4-2)20-11-7-5-6-8-12-24(20)40-28)39-29(36)18-13-14-21-22(16-18)33-26(32-21)19-10-9-15-31-17-19/h9-10,13-17,23H,3-8,11-12H2,1-2H3,(H,32,33)(H,34,35). The van der Waals surface area contributed by atoms with Crippen LogP contribution in [0.15, 0.2) is 42.7 Å². The van der Waals surface area contributed by atoms with Crippen molar-refractivity contribution in [3.63, 3.8) is 0 Å². The number of thiophene rings is 1. The number of imidazole rings is 1. The molecule has 0 spiro atoms. The van der Waals surface area contributed by atoms with E-state index in [-0.39, 0.29) is 13.0 Å². The monoisotopic (exact) mass is 560 g/mol. The summed E-state index contributed by atoms with van der Waals surface area (Å²) in [5.74, 6) is -0.885. The fourth-order valence-corrected chi connectivity index (χ4v) is 6.20. The summed E-state index contributed by atoms with van der Waals surface area (Å²) in [4.78, 5) is 52.3. The van der Waals surface area contributed by atoms with Crippen molar-refractivity contribution in [1.29, 1.82) is 0 Å². The lowest BCUT2D eigenvalue weighted by atomic mass is 9.96. The van der Waals surface area contributed by atoms with Gasteiger partial charge >= 0.3 is 11.9 Å². The summed E-state index contributed by atoms with van der Waals surface area (Å²) >= 11 is 1.42. The lowest BCUT2D eigenvalue weighted by Gasteiger charge is -2.16. The Morgan fingerprint density at radius 2 is 1.90 bits per heavy atom. The molecule has 0 fully saturated rings. The number of nitrogens with zero attached hydrogens (tertiary/aromatic N) is 2. The Morgan fingerprint density at radius 3 is 2.65 bits per heavy atom. The van der Waals surface area contributed by atoms with E-state index in [1.54, 1.807) is 44.4 Å². The second-order valence-corrected chi connectivity index (χ2v) is 10.8. The molecule has 1 aromatic carbocycles. The number of aromatic nitrogens is 3. The van der Waals surface area contributed by atoms with Gasteiger partial charge in [-0.2, -0.15) is 0 Å². The number of nitrogens with one attached hydrogen (secondary N) is 2. The van der Waals surface area contributed by atoms with Gasteiger partial charge in [0.15, 0.2) is 6.10 Å². The molecular formula is C30H32N4O5S. The van der Waals surface area contributed by atoms with Gasteiger partial charge in [0.25, 0.3) is 5.91 Å². The number of pyridine rings is 1. The summed E-state index contributed by atoms with van der Waals surface area (Å²) in [7, 11) is 0. The zero-order valence-corrected chi connectivity index (χ0v) is 23.4. The van der Waals surface area contributed by atoms with Crippen LogP contribution in [-0.4, -0.2) is 45.5 Å². The average Bonchev–Trinajstić information content (AvgIpc) is 3.52. The zero-order valence-electron chi connectivity index (χ0n) is 22.6. The first-order valence-corrected chi connectivity index (χ1v) is 14.5. The zero-order chi connectivity index (χ0) is 28.1. The molecule has 2 N–H and O–H groups in total. The van der Waals surface area contributed by atoms with E-state index in [4.69, 9.17) is 9.47 Å². The van der Waals surface area contributed by atoms with Crippen molar-refractivity contribution in [2.24, 2.45) is 0 Å². The maximum Gasteiger partial charge on any atom is 0.341 e. The summed E-state index contributed by atoms with van der Waals surface area (Å²) < 4.78 is 11.0. The van der Waals surface area contributed by atoms with E-state index < -0.39 is 23.9 Å². The molecule has 10 heteroatoms. The van der Waals surface area contributed by atoms with Crippen LogP contribution in [-0.2, 0) is 27.1 Å². The first-order valence-electron chi connectivity index (χ1n) is 13.7. The third kappa shape index (κ3) is 5.91. The first-order chi connectivity index (χ1) is 19.5. The van der Waals surface area contributed by atoms with Crippen LogP contribution in [0.3, 0.4) is 0 Å². The molecule has 3 heterocycles. The summed E-state index contributed by atoms with van der Waals surface area (Å²) in [6, 6.07) is 8.74. The normalized spacial score (nSPS) is 14.1. The average molecular weight is 561 g/mol. The predicted octanol–water partition coefficient (Wildman–Crippen LogP) is 6.10. The molecule has 3 aromatic heterocycles. The van der Waals surface area contributed by atoms with Crippen molar-refractivity contribution in [1.82, 2.24) is 15.0 Å². The van der Waals surface area contributed by atoms with Gasteiger partial charge in [-0.25, -0.2) is 14.6 Å². The number of H-pyrrole nitrogens is 1. The maximum absolute atomic E-state index is 13.3. The number of aromatic amines is 1. The van der Waals surface area contributed by atoms with Crippen LogP contribution in [0.1, 0.15) is 77.1 Å². The molecule has 0 saturated carbocycles. The van der Waals surface area contributed by atoms with Crippen molar-refractivity contribution >= 4 is 45.2 Å². The van der Waals surface area contributed by atoms with Crippen molar-refractivity contribution in [2.45, 2.75) is 64.9 Å².